The minimum absolute atomic E-state index is 0. The zero-order chi connectivity index (χ0) is 26.2. The van der Waals surface area contributed by atoms with Crippen LogP contribution in [-0.2, 0) is 42.8 Å². The first-order valence-corrected chi connectivity index (χ1v) is 13.2. The number of hydrogen-bond donors (Lipinski definition) is 0. The summed E-state index contributed by atoms with van der Waals surface area (Å²) in [4.78, 5) is 0.224. The zero-order valence-corrected chi connectivity index (χ0v) is 25.3. The first-order valence-electron chi connectivity index (χ1n) is 11.8. The maximum absolute atomic E-state index is 13.0. The van der Waals surface area contributed by atoms with Gasteiger partial charge in [-0.25, -0.2) is 8.42 Å². The van der Waals surface area contributed by atoms with E-state index >= 15 is 0 Å². The molecular weight excluding hydrogens is 582 g/mol. The molecule has 2 saturated carbocycles. The summed E-state index contributed by atoms with van der Waals surface area (Å²) in [5.74, 6) is 0.550. The molecule has 6 heteroatoms. The zero-order valence-electron chi connectivity index (χ0n) is 22.1. The summed E-state index contributed by atoms with van der Waals surface area (Å²) < 4.78 is 33.2. The fourth-order valence-electron chi connectivity index (χ4n) is 3.23. The van der Waals surface area contributed by atoms with Crippen molar-refractivity contribution in [3.05, 3.63) is 175 Å². The Morgan fingerprint density at radius 2 is 1.26 bits per heavy atom. The summed E-state index contributed by atoms with van der Waals surface area (Å²) in [6, 6.07) is 26.1. The van der Waals surface area contributed by atoms with Crippen molar-refractivity contribution >= 4 is 15.7 Å². The quantitative estimate of drug-likeness (QED) is 0.204. The second kappa shape index (κ2) is 19.8. The molecule has 39 heavy (non-hydrogen) atoms. The molecule has 0 aliphatic heterocycles. The Kier molecular flexibility index (Phi) is 17.7. The van der Waals surface area contributed by atoms with Gasteiger partial charge in [-0.1, -0.05) is 60.3 Å². The Morgan fingerprint density at radius 3 is 1.74 bits per heavy atom. The van der Waals surface area contributed by atoms with Crippen LogP contribution in [0.4, 0.5) is 5.69 Å². The number of nitrogens with zero attached hydrogens (tertiary/aromatic N) is 1. The molecule has 0 amide bonds. The summed E-state index contributed by atoms with van der Waals surface area (Å²) in [6.07, 6.45) is 21.6. The third-order valence-corrected chi connectivity index (χ3v) is 6.83. The number of anilines is 1. The normalized spacial score (nSPS) is 13.7. The van der Waals surface area contributed by atoms with Crippen molar-refractivity contribution in [2.24, 2.45) is 0 Å². The SMILES string of the molecule is C=CCN(c1c[c-]cc(OCc2ccccc2)c1)S(=O)(=O)c1ccccc1.[CH3-].[CH]1[CH][CH][CH][CH]1.[CH]1[CH][CH][CH][CH]1.[Zr+2]. The van der Waals surface area contributed by atoms with Crippen molar-refractivity contribution in [2.75, 3.05) is 10.8 Å². The van der Waals surface area contributed by atoms with Crippen LogP contribution in [0.3, 0.4) is 0 Å². The van der Waals surface area contributed by atoms with E-state index in [-0.39, 0.29) is 45.1 Å². The molecule has 0 unspecified atom stereocenters. The largest absolute Gasteiger partial charge is 2.00 e. The molecule has 0 saturated heterocycles. The van der Waals surface area contributed by atoms with Crippen molar-refractivity contribution in [2.45, 2.75) is 11.5 Å². The third-order valence-electron chi connectivity index (χ3n) is 5.02. The van der Waals surface area contributed by atoms with Gasteiger partial charge >= 0.3 is 26.2 Å². The molecule has 0 bridgehead atoms. The first-order chi connectivity index (χ1) is 18.1. The molecule has 2 aliphatic carbocycles. The molecular formula is C33H33NO3SZr. The van der Waals surface area contributed by atoms with E-state index in [0.29, 0.717) is 18.0 Å². The minimum atomic E-state index is -3.71. The van der Waals surface area contributed by atoms with Gasteiger partial charge in [0.05, 0.1) is 11.5 Å². The van der Waals surface area contributed by atoms with E-state index in [4.69, 9.17) is 4.74 Å². The molecule has 5 rings (SSSR count). The van der Waals surface area contributed by atoms with Crippen LogP contribution < -0.4 is 9.04 Å². The van der Waals surface area contributed by atoms with E-state index in [1.807, 2.05) is 94.5 Å². The number of sulfonamides is 1. The fourth-order valence-corrected chi connectivity index (χ4v) is 4.67. The summed E-state index contributed by atoms with van der Waals surface area (Å²) in [7, 11) is -3.71. The summed E-state index contributed by atoms with van der Waals surface area (Å²) in [5, 5.41) is 0. The smallest absolute Gasteiger partial charge is 0.547 e. The molecule has 0 spiro atoms. The molecule has 3 aromatic carbocycles. The van der Waals surface area contributed by atoms with Gasteiger partial charge in [-0.2, -0.15) is 12.1 Å². The standard InChI is InChI=1S/C22H20NO3S.2C5H5.CH3.Zr/c1-2-16-23(27(24,25)22-14-7-4-8-15-22)20-12-9-13-21(17-20)26-18-19-10-5-3-6-11-19;2*1-2-4-5-3-1;;/h2-8,10-15,17H,1,16,18H2;2*1-5H;1H3;/q-1;;;-1;+2. The van der Waals surface area contributed by atoms with Crippen molar-refractivity contribution in [1.29, 1.82) is 0 Å². The molecule has 10 radical (unpaired) electrons. The van der Waals surface area contributed by atoms with E-state index in [0.717, 1.165) is 5.56 Å². The monoisotopic (exact) mass is 613 g/mol. The number of hydrogen-bond acceptors (Lipinski definition) is 3. The molecule has 0 N–H and O–H groups in total. The van der Waals surface area contributed by atoms with Crippen LogP contribution in [0.5, 0.6) is 5.75 Å². The van der Waals surface area contributed by atoms with Crippen LogP contribution in [0.2, 0.25) is 0 Å². The molecule has 198 valence electrons. The molecule has 4 nitrogen and oxygen atoms in total. The minimum Gasteiger partial charge on any atom is -0.547 e. The van der Waals surface area contributed by atoms with Gasteiger partial charge in [-0.3, -0.25) is 0 Å². The van der Waals surface area contributed by atoms with Crippen LogP contribution in [0.1, 0.15) is 5.56 Å². The van der Waals surface area contributed by atoms with E-state index in [1.54, 1.807) is 54.6 Å². The van der Waals surface area contributed by atoms with Crippen LogP contribution in [0.15, 0.2) is 96.4 Å². The van der Waals surface area contributed by atoms with Gasteiger partial charge in [0.15, 0.2) is 0 Å². The van der Waals surface area contributed by atoms with Crippen LogP contribution in [0.25, 0.3) is 0 Å². The van der Waals surface area contributed by atoms with Crippen molar-refractivity contribution in [1.82, 2.24) is 0 Å². The van der Waals surface area contributed by atoms with Crippen LogP contribution >= 0.6 is 0 Å². The van der Waals surface area contributed by atoms with Crippen LogP contribution in [-0.4, -0.2) is 15.0 Å². The first kappa shape index (κ1) is 34.9. The Bertz CT molecular complexity index is 1120. The average molecular weight is 615 g/mol. The van der Waals surface area contributed by atoms with E-state index in [1.165, 1.54) is 4.31 Å². The number of benzene rings is 3. The second-order valence-corrected chi connectivity index (χ2v) is 9.63. The van der Waals surface area contributed by atoms with E-state index in [9.17, 15) is 8.42 Å². The van der Waals surface area contributed by atoms with Gasteiger partial charge in [0.25, 0.3) is 10.0 Å². The second-order valence-electron chi connectivity index (χ2n) is 7.76. The topological polar surface area (TPSA) is 46.6 Å². The van der Waals surface area contributed by atoms with Crippen molar-refractivity contribution in [3.63, 3.8) is 0 Å². The van der Waals surface area contributed by atoms with Gasteiger partial charge < -0.3 is 16.5 Å². The summed E-state index contributed by atoms with van der Waals surface area (Å²) >= 11 is 0. The van der Waals surface area contributed by atoms with Crippen molar-refractivity contribution < 1.29 is 39.4 Å². The molecule has 2 aliphatic rings. The van der Waals surface area contributed by atoms with Gasteiger partial charge in [0, 0.05) is 12.3 Å². The molecule has 3 aromatic rings. The molecule has 0 atom stereocenters. The van der Waals surface area contributed by atoms with Gasteiger partial charge in [-0.15, -0.1) is 18.7 Å². The Labute approximate surface area is 256 Å². The Morgan fingerprint density at radius 1 is 0.769 bits per heavy atom. The predicted octanol–water partition coefficient (Wildman–Crippen LogP) is 6.94. The average Bonchev–Trinajstić information content (AvgIpc) is 3.72. The van der Waals surface area contributed by atoms with Crippen LogP contribution in [0, 0.1) is 77.7 Å². The summed E-state index contributed by atoms with van der Waals surface area (Å²) in [6.45, 7) is 4.22. The molecule has 2 fully saturated rings. The van der Waals surface area contributed by atoms with Gasteiger partial charge in [-0.05, 0) is 81.9 Å². The third kappa shape index (κ3) is 12.3. The van der Waals surface area contributed by atoms with Gasteiger partial charge in [0.1, 0.15) is 0 Å². The predicted molar refractivity (Wildman–Crippen MR) is 157 cm³/mol. The Balaban J connectivity index is 0.000000529. The molecule has 0 heterocycles. The van der Waals surface area contributed by atoms with E-state index < -0.39 is 10.0 Å². The number of rotatable bonds is 8. The summed E-state index contributed by atoms with van der Waals surface area (Å²) in [5.41, 5.74) is 1.51. The van der Waals surface area contributed by atoms with E-state index in [2.05, 4.69) is 12.6 Å². The number of ether oxygens (including phenoxy) is 1. The maximum Gasteiger partial charge on any atom is 2.00 e. The van der Waals surface area contributed by atoms with Gasteiger partial charge in [0.2, 0.25) is 0 Å². The Hall–Kier alpha value is -2.17. The fraction of sp³-hybridized carbons (Fsp3) is 0.0606. The maximum atomic E-state index is 13.0. The molecule has 0 aromatic heterocycles. The van der Waals surface area contributed by atoms with Crippen molar-refractivity contribution in [3.8, 4) is 5.75 Å².